The van der Waals surface area contributed by atoms with Gasteiger partial charge in [-0.05, 0) is 69.9 Å². The number of hydrogen-bond acceptors (Lipinski definition) is 3. The Hall–Kier alpha value is -1.06. The van der Waals surface area contributed by atoms with Gasteiger partial charge in [-0.2, -0.15) is 0 Å². The fraction of sp³-hybridized carbons (Fsp3) is 0.647. The zero-order valence-corrected chi connectivity index (χ0v) is 12.4. The molecule has 1 atom stereocenters. The van der Waals surface area contributed by atoms with Gasteiger partial charge in [0.15, 0.2) is 0 Å². The summed E-state index contributed by atoms with van der Waals surface area (Å²) >= 11 is 0. The molecule has 0 aliphatic carbocycles. The smallest absolute Gasteiger partial charge is 0.0388 e. The minimum atomic E-state index is 0.629. The third kappa shape index (κ3) is 3.74. The summed E-state index contributed by atoms with van der Waals surface area (Å²) in [6, 6.07) is 9.50. The van der Waals surface area contributed by atoms with Crippen LogP contribution >= 0.6 is 0 Å². The molecule has 0 radical (unpaired) electrons. The minimum Gasteiger partial charge on any atom is -0.382 e. The summed E-state index contributed by atoms with van der Waals surface area (Å²) in [5.41, 5.74) is 2.82. The number of benzene rings is 1. The van der Waals surface area contributed by atoms with E-state index in [1.807, 2.05) is 0 Å². The Labute approximate surface area is 122 Å². The summed E-state index contributed by atoms with van der Waals surface area (Å²) in [6.45, 7) is 5.96. The maximum atomic E-state index is 3.80. The van der Waals surface area contributed by atoms with Gasteiger partial charge >= 0.3 is 0 Å². The average Bonchev–Trinajstić information content (AvgIpc) is 2.84. The highest BCUT2D eigenvalue weighted by Crippen LogP contribution is 2.22. The highest BCUT2D eigenvalue weighted by atomic mass is 15.1. The van der Waals surface area contributed by atoms with Crippen LogP contribution in [0.2, 0.25) is 0 Å². The van der Waals surface area contributed by atoms with Crippen LogP contribution in [0.3, 0.4) is 0 Å². The molecule has 1 unspecified atom stereocenters. The van der Waals surface area contributed by atoms with Crippen LogP contribution in [0.1, 0.15) is 37.7 Å². The van der Waals surface area contributed by atoms with Crippen LogP contribution in [0, 0.1) is 0 Å². The monoisotopic (exact) mass is 273 g/mol. The quantitative estimate of drug-likeness (QED) is 0.883. The van der Waals surface area contributed by atoms with E-state index in [9.17, 15) is 0 Å². The van der Waals surface area contributed by atoms with Crippen molar-refractivity contribution in [2.24, 2.45) is 0 Å². The van der Waals surface area contributed by atoms with Crippen molar-refractivity contribution in [3.8, 4) is 0 Å². The Morgan fingerprint density at radius 3 is 2.80 bits per heavy atom. The van der Waals surface area contributed by atoms with Crippen LogP contribution in [-0.4, -0.2) is 37.1 Å². The van der Waals surface area contributed by atoms with E-state index in [0.29, 0.717) is 6.04 Å². The topological polar surface area (TPSA) is 27.3 Å². The predicted molar refractivity (Wildman–Crippen MR) is 85.1 cm³/mol. The lowest BCUT2D eigenvalue weighted by Gasteiger charge is -2.22. The molecule has 110 valence electrons. The van der Waals surface area contributed by atoms with Crippen molar-refractivity contribution in [3.63, 3.8) is 0 Å². The summed E-state index contributed by atoms with van der Waals surface area (Å²) in [6.07, 6.45) is 6.53. The lowest BCUT2D eigenvalue weighted by atomic mass is 10.1. The standard InChI is InChI=1S/C17H27N3/c1-2-8-17(19-16-7-5-10-18-11-9-16)15(6-1)14-20-12-3-4-13-20/h1-2,6,8,16,18-19H,3-5,7,9-14H2. The van der Waals surface area contributed by atoms with E-state index in [1.165, 1.54) is 63.0 Å². The van der Waals surface area contributed by atoms with Gasteiger partial charge in [0.25, 0.3) is 0 Å². The summed E-state index contributed by atoms with van der Waals surface area (Å²) in [4.78, 5) is 2.58. The van der Waals surface area contributed by atoms with E-state index in [0.717, 1.165) is 13.1 Å². The number of rotatable bonds is 4. The molecule has 2 N–H and O–H groups in total. The fourth-order valence-electron chi connectivity index (χ4n) is 3.36. The third-order valence-electron chi connectivity index (χ3n) is 4.55. The first-order chi connectivity index (χ1) is 9.92. The van der Waals surface area contributed by atoms with Gasteiger partial charge < -0.3 is 10.6 Å². The molecule has 2 saturated heterocycles. The summed E-state index contributed by atoms with van der Waals surface area (Å²) in [5, 5.41) is 7.28. The number of para-hydroxylation sites is 1. The molecule has 0 spiro atoms. The first kappa shape index (κ1) is 13.9. The van der Waals surface area contributed by atoms with Crippen molar-refractivity contribution < 1.29 is 0 Å². The summed E-state index contributed by atoms with van der Waals surface area (Å²) in [5.74, 6) is 0. The first-order valence-electron chi connectivity index (χ1n) is 8.19. The molecule has 2 aliphatic rings. The van der Waals surface area contributed by atoms with E-state index in [2.05, 4.69) is 39.8 Å². The van der Waals surface area contributed by atoms with Gasteiger partial charge in [0.2, 0.25) is 0 Å². The summed E-state index contributed by atoms with van der Waals surface area (Å²) in [7, 11) is 0. The molecule has 0 saturated carbocycles. The Balaban J connectivity index is 1.65. The van der Waals surface area contributed by atoms with Crippen molar-refractivity contribution in [2.45, 2.75) is 44.7 Å². The van der Waals surface area contributed by atoms with Crippen molar-refractivity contribution in [3.05, 3.63) is 29.8 Å². The van der Waals surface area contributed by atoms with Crippen molar-refractivity contribution in [2.75, 3.05) is 31.5 Å². The van der Waals surface area contributed by atoms with Gasteiger partial charge in [-0.25, -0.2) is 0 Å². The van der Waals surface area contributed by atoms with Crippen molar-refractivity contribution in [1.82, 2.24) is 10.2 Å². The van der Waals surface area contributed by atoms with Crippen molar-refractivity contribution >= 4 is 5.69 Å². The molecule has 3 nitrogen and oxygen atoms in total. The van der Waals surface area contributed by atoms with Crippen LogP contribution in [0.5, 0.6) is 0 Å². The second kappa shape index (κ2) is 7.09. The van der Waals surface area contributed by atoms with E-state index >= 15 is 0 Å². The van der Waals surface area contributed by atoms with Gasteiger partial charge in [-0.1, -0.05) is 18.2 Å². The normalized spacial score (nSPS) is 24.5. The molecular weight excluding hydrogens is 246 g/mol. The highest BCUT2D eigenvalue weighted by molar-refractivity contribution is 5.51. The lowest BCUT2D eigenvalue weighted by molar-refractivity contribution is 0.332. The average molecular weight is 273 g/mol. The van der Waals surface area contributed by atoms with E-state index in [4.69, 9.17) is 0 Å². The Kier molecular flexibility index (Phi) is 4.93. The molecule has 2 heterocycles. The fourth-order valence-corrected chi connectivity index (χ4v) is 3.36. The molecular formula is C17H27N3. The molecule has 2 aliphatic heterocycles. The molecule has 1 aromatic rings. The third-order valence-corrected chi connectivity index (χ3v) is 4.55. The summed E-state index contributed by atoms with van der Waals surface area (Å²) < 4.78 is 0. The number of likely N-dealkylation sites (tertiary alicyclic amines) is 1. The molecule has 1 aromatic carbocycles. The molecule has 0 aromatic heterocycles. The molecule has 2 fully saturated rings. The second-order valence-corrected chi connectivity index (χ2v) is 6.16. The van der Waals surface area contributed by atoms with Gasteiger partial charge in [-0.15, -0.1) is 0 Å². The second-order valence-electron chi connectivity index (χ2n) is 6.16. The molecule has 0 amide bonds. The number of nitrogens with one attached hydrogen (secondary N) is 2. The maximum Gasteiger partial charge on any atom is 0.0388 e. The van der Waals surface area contributed by atoms with Crippen LogP contribution in [-0.2, 0) is 6.54 Å². The zero-order chi connectivity index (χ0) is 13.6. The van der Waals surface area contributed by atoms with Crippen LogP contribution in [0.25, 0.3) is 0 Å². The molecule has 0 bridgehead atoms. The van der Waals surface area contributed by atoms with Gasteiger partial charge in [0.05, 0.1) is 0 Å². The van der Waals surface area contributed by atoms with Crippen LogP contribution in [0.4, 0.5) is 5.69 Å². The minimum absolute atomic E-state index is 0.629. The zero-order valence-electron chi connectivity index (χ0n) is 12.4. The lowest BCUT2D eigenvalue weighted by Crippen LogP contribution is -2.24. The number of nitrogens with zero attached hydrogens (tertiary/aromatic N) is 1. The van der Waals surface area contributed by atoms with Gasteiger partial charge in [-0.3, -0.25) is 4.90 Å². The van der Waals surface area contributed by atoms with E-state index in [1.54, 1.807) is 0 Å². The van der Waals surface area contributed by atoms with Crippen molar-refractivity contribution in [1.29, 1.82) is 0 Å². The van der Waals surface area contributed by atoms with Crippen LogP contribution < -0.4 is 10.6 Å². The van der Waals surface area contributed by atoms with E-state index in [-0.39, 0.29) is 0 Å². The van der Waals surface area contributed by atoms with Gasteiger partial charge in [0, 0.05) is 18.3 Å². The predicted octanol–water partition coefficient (Wildman–Crippen LogP) is 2.84. The largest absolute Gasteiger partial charge is 0.382 e. The SMILES string of the molecule is c1ccc(NC2CCCNCC2)c(CN2CCCC2)c1. The number of hydrogen-bond donors (Lipinski definition) is 2. The Morgan fingerprint density at radius 1 is 1.05 bits per heavy atom. The first-order valence-corrected chi connectivity index (χ1v) is 8.19. The Morgan fingerprint density at radius 2 is 1.90 bits per heavy atom. The maximum absolute atomic E-state index is 3.80. The highest BCUT2D eigenvalue weighted by Gasteiger charge is 2.16. The van der Waals surface area contributed by atoms with Crippen LogP contribution in [0.15, 0.2) is 24.3 Å². The van der Waals surface area contributed by atoms with Gasteiger partial charge in [0.1, 0.15) is 0 Å². The molecule has 3 rings (SSSR count). The molecule has 3 heteroatoms. The molecule has 20 heavy (non-hydrogen) atoms. The number of anilines is 1. The van der Waals surface area contributed by atoms with E-state index < -0.39 is 0 Å². The Bertz CT molecular complexity index is 404.